The van der Waals surface area contributed by atoms with Crippen LogP contribution < -0.4 is 20.3 Å². The van der Waals surface area contributed by atoms with E-state index in [0.717, 1.165) is 48.8 Å². The number of benzene rings is 2. The van der Waals surface area contributed by atoms with Gasteiger partial charge in [0.25, 0.3) is 0 Å². The number of anilines is 2. The van der Waals surface area contributed by atoms with Gasteiger partial charge >= 0.3 is 0 Å². The molecule has 0 radical (unpaired) electrons. The molecule has 2 atom stereocenters. The van der Waals surface area contributed by atoms with Crippen LogP contribution >= 0.6 is 0 Å². The van der Waals surface area contributed by atoms with Crippen LogP contribution in [0.25, 0.3) is 0 Å². The van der Waals surface area contributed by atoms with Crippen LogP contribution in [0, 0.1) is 5.92 Å². The van der Waals surface area contributed by atoms with Crippen LogP contribution in [0.1, 0.15) is 51.0 Å². The second-order valence-corrected chi connectivity index (χ2v) is 9.45. The second kappa shape index (κ2) is 10.8. The van der Waals surface area contributed by atoms with Gasteiger partial charge in [0.15, 0.2) is 0 Å². The van der Waals surface area contributed by atoms with E-state index in [2.05, 4.69) is 15.5 Å². The number of rotatable bonds is 10. The van der Waals surface area contributed by atoms with Crippen molar-refractivity contribution in [2.45, 2.75) is 51.5 Å². The van der Waals surface area contributed by atoms with Crippen molar-refractivity contribution < 1.29 is 14.3 Å². The average Bonchev–Trinajstić information content (AvgIpc) is 3.26. The lowest BCUT2D eigenvalue weighted by Gasteiger charge is -2.25. The predicted octanol–water partition coefficient (Wildman–Crippen LogP) is 4.37. The topological polar surface area (TPSA) is 70.7 Å². The van der Waals surface area contributed by atoms with Gasteiger partial charge in [0.2, 0.25) is 5.91 Å². The number of hydrogen-bond acceptors (Lipinski definition) is 5. The van der Waals surface area contributed by atoms with E-state index >= 15 is 0 Å². The summed E-state index contributed by atoms with van der Waals surface area (Å²) in [6.07, 6.45) is 4.88. The summed E-state index contributed by atoms with van der Waals surface area (Å²) in [5.74, 6) is 1.46. The van der Waals surface area contributed by atoms with Gasteiger partial charge in [-0.15, -0.1) is 0 Å². The molecule has 6 nitrogen and oxygen atoms in total. The number of carbonyl (C=O) groups excluding carboxylic acids is 2. The molecular weight excluding hydrogens is 414 g/mol. The molecule has 2 aromatic carbocycles. The van der Waals surface area contributed by atoms with Gasteiger partial charge in [0.05, 0.1) is 19.1 Å². The summed E-state index contributed by atoms with van der Waals surface area (Å²) < 4.78 is 5.86. The molecule has 1 amide bonds. The molecule has 0 bridgehead atoms. The number of amides is 1. The third-order valence-corrected chi connectivity index (χ3v) is 6.81. The van der Waals surface area contributed by atoms with Crippen molar-refractivity contribution >= 4 is 23.1 Å². The Morgan fingerprint density at radius 2 is 1.79 bits per heavy atom. The zero-order valence-electron chi connectivity index (χ0n) is 19.7. The molecule has 176 valence electrons. The highest BCUT2D eigenvalue weighted by Crippen LogP contribution is 2.28. The number of ether oxygens (including phenoxy) is 1. The number of nitrogens with zero attached hydrogens (tertiary/aromatic N) is 1. The van der Waals surface area contributed by atoms with Crippen LogP contribution in [-0.4, -0.2) is 44.0 Å². The minimum absolute atomic E-state index is 0.0273. The molecule has 4 rings (SSSR count). The Bertz CT molecular complexity index is 938. The fourth-order valence-corrected chi connectivity index (χ4v) is 4.33. The average molecular weight is 450 g/mol. The van der Waals surface area contributed by atoms with Crippen molar-refractivity contribution in [1.29, 1.82) is 0 Å². The Kier molecular flexibility index (Phi) is 7.65. The lowest BCUT2D eigenvalue weighted by Crippen LogP contribution is -2.35. The first-order valence-corrected chi connectivity index (χ1v) is 12.1. The second-order valence-electron chi connectivity index (χ2n) is 9.45. The first-order valence-electron chi connectivity index (χ1n) is 12.1. The van der Waals surface area contributed by atoms with E-state index in [1.54, 1.807) is 6.92 Å². The third-order valence-electron chi connectivity index (χ3n) is 6.81. The molecule has 1 saturated carbocycles. The van der Waals surface area contributed by atoms with Gasteiger partial charge in [-0.1, -0.05) is 18.6 Å². The first-order chi connectivity index (χ1) is 16.0. The summed E-state index contributed by atoms with van der Waals surface area (Å²) in [5.41, 5.74) is 2.90. The molecule has 0 spiro atoms. The Morgan fingerprint density at radius 3 is 2.42 bits per heavy atom. The van der Waals surface area contributed by atoms with Gasteiger partial charge in [-0.25, -0.2) is 0 Å². The summed E-state index contributed by atoms with van der Waals surface area (Å²) in [6, 6.07) is 16.2. The highest BCUT2D eigenvalue weighted by molar-refractivity contribution is 5.95. The summed E-state index contributed by atoms with van der Waals surface area (Å²) in [4.78, 5) is 26.3. The summed E-state index contributed by atoms with van der Waals surface area (Å²) in [5, 5.41) is 6.34. The number of nitrogens with one attached hydrogen (secondary N) is 2. The van der Waals surface area contributed by atoms with Gasteiger partial charge < -0.3 is 20.3 Å². The van der Waals surface area contributed by atoms with Crippen molar-refractivity contribution in [3.63, 3.8) is 0 Å². The molecule has 2 unspecified atom stereocenters. The smallest absolute Gasteiger partial charge is 0.231 e. The molecule has 33 heavy (non-hydrogen) atoms. The minimum atomic E-state index is -0.253. The van der Waals surface area contributed by atoms with E-state index in [1.165, 1.54) is 19.3 Å². The van der Waals surface area contributed by atoms with Crippen LogP contribution in [0.5, 0.6) is 5.75 Å². The standard InChI is InChI=1S/C27H35N3O3/c1-19(31)16-28-24-14-15-30(17-24)25-10-8-23(9-11-25)29-27(32)20(2)22-6-12-26(13-7-22)33-18-21-4-3-5-21/h6-13,20-21,24,28H,3-5,14-18H2,1-2H3,(H,29,32). The Balaban J connectivity index is 1.26. The largest absolute Gasteiger partial charge is 0.493 e. The minimum Gasteiger partial charge on any atom is -0.493 e. The summed E-state index contributed by atoms with van der Waals surface area (Å²) in [7, 11) is 0. The third kappa shape index (κ3) is 6.35. The number of carbonyl (C=O) groups is 2. The molecular formula is C27H35N3O3. The zero-order chi connectivity index (χ0) is 23.2. The number of hydrogen-bond donors (Lipinski definition) is 2. The van der Waals surface area contributed by atoms with Gasteiger partial charge in [0, 0.05) is 30.5 Å². The number of ketones is 1. The van der Waals surface area contributed by atoms with Crippen molar-refractivity contribution in [2.75, 3.05) is 36.5 Å². The van der Waals surface area contributed by atoms with Gasteiger partial charge in [0.1, 0.15) is 11.5 Å². The molecule has 1 saturated heterocycles. The molecule has 0 aromatic heterocycles. The maximum atomic E-state index is 12.8. The van der Waals surface area contributed by atoms with Gasteiger partial charge in [-0.2, -0.15) is 0 Å². The van der Waals surface area contributed by atoms with Crippen LogP contribution in [0.2, 0.25) is 0 Å². The predicted molar refractivity (Wildman–Crippen MR) is 132 cm³/mol. The van der Waals surface area contributed by atoms with E-state index in [1.807, 2.05) is 55.5 Å². The maximum Gasteiger partial charge on any atom is 0.231 e. The quantitative estimate of drug-likeness (QED) is 0.564. The van der Waals surface area contributed by atoms with E-state index in [-0.39, 0.29) is 17.6 Å². The number of Topliss-reactive ketones (excluding diaryl/α,β-unsaturated/α-hetero) is 1. The Labute approximate surface area is 196 Å². The SMILES string of the molecule is CC(=O)CNC1CCN(c2ccc(NC(=O)C(C)c3ccc(OCC4CCC4)cc3)cc2)C1. The van der Waals surface area contributed by atoms with Crippen molar-refractivity contribution in [3.8, 4) is 5.75 Å². The van der Waals surface area contributed by atoms with Gasteiger partial charge in [-0.3, -0.25) is 9.59 Å². The molecule has 2 aromatic rings. The van der Waals surface area contributed by atoms with E-state index in [0.29, 0.717) is 18.5 Å². The lowest BCUT2D eigenvalue weighted by molar-refractivity contribution is -0.117. The fourth-order valence-electron chi connectivity index (χ4n) is 4.33. The van der Waals surface area contributed by atoms with Gasteiger partial charge in [-0.05, 0) is 81.0 Å². The Hall–Kier alpha value is -2.86. The van der Waals surface area contributed by atoms with Crippen LogP contribution in [0.3, 0.4) is 0 Å². The van der Waals surface area contributed by atoms with Crippen molar-refractivity contribution in [1.82, 2.24) is 5.32 Å². The molecule has 6 heteroatoms. The molecule has 1 aliphatic heterocycles. The van der Waals surface area contributed by atoms with E-state index < -0.39 is 0 Å². The summed E-state index contributed by atoms with van der Waals surface area (Å²) >= 11 is 0. The lowest BCUT2D eigenvalue weighted by atomic mass is 9.86. The molecule has 1 aliphatic carbocycles. The highest BCUT2D eigenvalue weighted by Gasteiger charge is 2.23. The van der Waals surface area contributed by atoms with Crippen LogP contribution in [0.15, 0.2) is 48.5 Å². The highest BCUT2D eigenvalue weighted by atomic mass is 16.5. The monoisotopic (exact) mass is 449 g/mol. The van der Waals surface area contributed by atoms with Crippen LogP contribution in [-0.2, 0) is 9.59 Å². The zero-order valence-corrected chi connectivity index (χ0v) is 19.7. The van der Waals surface area contributed by atoms with E-state index in [4.69, 9.17) is 4.74 Å². The van der Waals surface area contributed by atoms with Crippen LogP contribution in [0.4, 0.5) is 11.4 Å². The summed E-state index contributed by atoms with van der Waals surface area (Å²) in [6.45, 7) is 6.59. The van der Waals surface area contributed by atoms with Crippen molar-refractivity contribution in [3.05, 3.63) is 54.1 Å². The van der Waals surface area contributed by atoms with E-state index in [9.17, 15) is 9.59 Å². The van der Waals surface area contributed by atoms with Crippen molar-refractivity contribution in [2.24, 2.45) is 5.92 Å². The maximum absolute atomic E-state index is 12.8. The molecule has 2 fully saturated rings. The molecule has 2 aliphatic rings. The Morgan fingerprint density at radius 1 is 1.06 bits per heavy atom. The molecule has 2 N–H and O–H groups in total. The fraction of sp³-hybridized carbons (Fsp3) is 0.481. The molecule has 1 heterocycles. The first kappa shape index (κ1) is 23.3. The normalized spacial score (nSPS) is 19.1.